The van der Waals surface area contributed by atoms with Gasteiger partial charge in [0.1, 0.15) is 17.8 Å². The standard InChI is InChI=1S/C15H19N7O2/c1-15(2,3)14-18-13(19-24-14)8-16-10-5-6-12(23-4)11(7-10)22-9-17-20-21-22/h5-7,9,16H,8H2,1-4H3. The lowest BCUT2D eigenvalue weighted by Gasteiger charge is -2.11. The maximum absolute atomic E-state index is 5.34. The minimum Gasteiger partial charge on any atom is -0.494 e. The summed E-state index contributed by atoms with van der Waals surface area (Å²) in [7, 11) is 1.60. The number of benzene rings is 1. The average molecular weight is 329 g/mol. The third kappa shape index (κ3) is 3.34. The van der Waals surface area contributed by atoms with Gasteiger partial charge in [-0.25, -0.2) is 0 Å². The molecule has 1 N–H and O–H groups in total. The average Bonchev–Trinajstić information content (AvgIpc) is 3.23. The van der Waals surface area contributed by atoms with Gasteiger partial charge in [0.15, 0.2) is 5.82 Å². The highest BCUT2D eigenvalue weighted by molar-refractivity contribution is 5.58. The molecule has 1 aromatic carbocycles. The Labute approximate surface area is 139 Å². The van der Waals surface area contributed by atoms with Crippen molar-refractivity contribution in [1.29, 1.82) is 0 Å². The smallest absolute Gasteiger partial charge is 0.232 e. The molecular weight excluding hydrogens is 310 g/mol. The van der Waals surface area contributed by atoms with Gasteiger partial charge in [-0.15, -0.1) is 5.10 Å². The van der Waals surface area contributed by atoms with Crippen LogP contribution in [0.3, 0.4) is 0 Å². The van der Waals surface area contributed by atoms with Crippen LogP contribution < -0.4 is 10.1 Å². The van der Waals surface area contributed by atoms with Gasteiger partial charge in [0, 0.05) is 11.1 Å². The Morgan fingerprint density at radius 1 is 1.29 bits per heavy atom. The molecule has 126 valence electrons. The first kappa shape index (κ1) is 15.9. The molecule has 0 saturated heterocycles. The summed E-state index contributed by atoms with van der Waals surface area (Å²) in [6.45, 7) is 6.53. The second-order valence-electron chi connectivity index (χ2n) is 6.26. The van der Waals surface area contributed by atoms with Gasteiger partial charge < -0.3 is 14.6 Å². The van der Waals surface area contributed by atoms with Gasteiger partial charge in [-0.1, -0.05) is 25.9 Å². The van der Waals surface area contributed by atoms with Crippen LogP contribution in [0.4, 0.5) is 5.69 Å². The van der Waals surface area contributed by atoms with Gasteiger partial charge >= 0.3 is 0 Å². The molecule has 3 aromatic rings. The zero-order valence-corrected chi connectivity index (χ0v) is 14.0. The molecular formula is C15H19N7O2. The molecule has 0 bridgehead atoms. The number of hydrogen-bond donors (Lipinski definition) is 1. The van der Waals surface area contributed by atoms with Crippen LogP contribution in [0.5, 0.6) is 5.75 Å². The first-order valence-corrected chi connectivity index (χ1v) is 7.46. The number of nitrogens with one attached hydrogen (secondary N) is 1. The number of nitrogens with zero attached hydrogens (tertiary/aromatic N) is 6. The highest BCUT2D eigenvalue weighted by Crippen LogP contribution is 2.26. The number of aromatic nitrogens is 6. The van der Waals surface area contributed by atoms with Crippen molar-refractivity contribution >= 4 is 5.69 Å². The van der Waals surface area contributed by atoms with E-state index in [2.05, 4.69) is 31.0 Å². The summed E-state index contributed by atoms with van der Waals surface area (Å²) in [4.78, 5) is 4.40. The molecule has 3 rings (SSSR count). The number of anilines is 1. The molecule has 9 nitrogen and oxygen atoms in total. The molecule has 0 saturated carbocycles. The summed E-state index contributed by atoms with van der Waals surface area (Å²) >= 11 is 0. The molecule has 0 aliphatic heterocycles. The number of methoxy groups -OCH3 is 1. The highest BCUT2D eigenvalue weighted by Gasteiger charge is 2.21. The third-order valence-corrected chi connectivity index (χ3v) is 3.33. The Morgan fingerprint density at radius 2 is 2.12 bits per heavy atom. The summed E-state index contributed by atoms with van der Waals surface area (Å²) in [5.41, 5.74) is 1.43. The molecule has 24 heavy (non-hydrogen) atoms. The van der Waals surface area contributed by atoms with Crippen LogP contribution >= 0.6 is 0 Å². The summed E-state index contributed by atoms with van der Waals surface area (Å²) in [5, 5.41) is 18.4. The Balaban J connectivity index is 1.76. The van der Waals surface area contributed by atoms with E-state index >= 15 is 0 Å². The van der Waals surface area contributed by atoms with E-state index in [4.69, 9.17) is 9.26 Å². The lowest BCUT2D eigenvalue weighted by atomic mass is 9.97. The molecule has 0 unspecified atom stereocenters. The molecule has 0 radical (unpaired) electrons. The van der Waals surface area contributed by atoms with Crippen LogP contribution in [0.15, 0.2) is 29.0 Å². The number of tetrazole rings is 1. The fourth-order valence-corrected chi connectivity index (χ4v) is 2.06. The highest BCUT2D eigenvalue weighted by atomic mass is 16.5. The lowest BCUT2D eigenvalue weighted by molar-refractivity contribution is 0.318. The molecule has 0 spiro atoms. The first-order chi connectivity index (χ1) is 11.5. The normalized spacial score (nSPS) is 11.5. The van der Waals surface area contributed by atoms with E-state index in [-0.39, 0.29) is 5.41 Å². The quantitative estimate of drug-likeness (QED) is 0.757. The van der Waals surface area contributed by atoms with E-state index in [1.165, 1.54) is 11.0 Å². The molecule has 0 fully saturated rings. The van der Waals surface area contributed by atoms with Crippen LogP contribution in [-0.4, -0.2) is 37.5 Å². The van der Waals surface area contributed by atoms with Crippen LogP contribution in [0.25, 0.3) is 5.69 Å². The van der Waals surface area contributed by atoms with E-state index in [1.54, 1.807) is 7.11 Å². The van der Waals surface area contributed by atoms with Crippen molar-refractivity contribution in [2.45, 2.75) is 32.7 Å². The zero-order chi connectivity index (χ0) is 17.2. The van der Waals surface area contributed by atoms with E-state index in [1.807, 2.05) is 39.0 Å². The topological polar surface area (TPSA) is 104 Å². The van der Waals surface area contributed by atoms with Crippen LogP contribution in [0.2, 0.25) is 0 Å². The summed E-state index contributed by atoms with van der Waals surface area (Å²) in [6, 6.07) is 5.63. The van der Waals surface area contributed by atoms with Crippen molar-refractivity contribution < 1.29 is 9.26 Å². The minimum absolute atomic E-state index is 0.168. The molecule has 2 aromatic heterocycles. The number of hydrogen-bond acceptors (Lipinski definition) is 8. The van der Waals surface area contributed by atoms with E-state index in [0.717, 1.165) is 11.4 Å². The van der Waals surface area contributed by atoms with Gasteiger partial charge in [-0.3, -0.25) is 0 Å². The van der Waals surface area contributed by atoms with Crippen molar-refractivity contribution in [2.24, 2.45) is 0 Å². The SMILES string of the molecule is COc1ccc(NCc2noc(C(C)(C)C)n2)cc1-n1cnnn1. The summed E-state index contributed by atoms with van der Waals surface area (Å²) in [5.74, 6) is 1.88. The van der Waals surface area contributed by atoms with Crippen LogP contribution in [0, 0.1) is 0 Å². The lowest BCUT2D eigenvalue weighted by Crippen LogP contribution is -2.12. The molecule has 2 heterocycles. The van der Waals surface area contributed by atoms with Crippen molar-refractivity contribution in [3.05, 3.63) is 36.2 Å². The second kappa shape index (κ2) is 6.26. The van der Waals surface area contributed by atoms with E-state index in [9.17, 15) is 0 Å². The van der Waals surface area contributed by atoms with Gasteiger partial charge in [-0.2, -0.15) is 9.67 Å². The fraction of sp³-hybridized carbons (Fsp3) is 0.400. The van der Waals surface area contributed by atoms with Crippen molar-refractivity contribution in [3.8, 4) is 11.4 Å². The Hall–Kier alpha value is -2.97. The summed E-state index contributed by atoms with van der Waals surface area (Å²) < 4.78 is 12.2. The first-order valence-electron chi connectivity index (χ1n) is 7.46. The van der Waals surface area contributed by atoms with Gasteiger partial charge in [0.25, 0.3) is 0 Å². The van der Waals surface area contributed by atoms with Crippen LogP contribution in [0.1, 0.15) is 32.5 Å². The van der Waals surface area contributed by atoms with Crippen molar-refractivity contribution in [1.82, 2.24) is 30.3 Å². The summed E-state index contributed by atoms with van der Waals surface area (Å²) in [6.07, 6.45) is 1.51. The number of ether oxygens (including phenoxy) is 1. The predicted octanol–water partition coefficient (Wildman–Crippen LogP) is 1.96. The maximum atomic E-state index is 5.34. The van der Waals surface area contributed by atoms with Crippen molar-refractivity contribution in [3.63, 3.8) is 0 Å². The second-order valence-corrected chi connectivity index (χ2v) is 6.26. The molecule has 9 heteroatoms. The Kier molecular flexibility index (Phi) is 4.15. The Bertz CT molecular complexity index is 806. The molecule has 0 aliphatic rings. The largest absolute Gasteiger partial charge is 0.494 e. The molecule has 0 atom stereocenters. The minimum atomic E-state index is -0.168. The van der Waals surface area contributed by atoms with Gasteiger partial charge in [0.2, 0.25) is 5.89 Å². The van der Waals surface area contributed by atoms with E-state index < -0.39 is 0 Å². The molecule has 0 aliphatic carbocycles. The third-order valence-electron chi connectivity index (χ3n) is 3.33. The van der Waals surface area contributed by atoms with Gasteiger partial charge in [-0.05, 0) is 28.6 Å². The molecule has 0 amide bonds. The van der Waals surface area contributed by atoms with Crippen molar-refractivity contribution in [2.75, 3.05) is 12.4 Å². The number of rotatable bonds is 5. The van der Waals surface area contributed by atoms with E-state index in [0.29, 0.717) is 24.0 Å². The predicted molar refractivity (Wildman–Crippen MR) is 86.0 cm³/mol. The van der Waals surface area contributed by atoms with Gasteiger partial charge in [0.05, 0.1) is 13.7 Å². The van der Waals surface area contributed by atoms with Crippen LogP contribution in [-0.2, 0) is 12.0 Å². The fourth-order valence-electron chi connectivity index (χ4n) is 2.06. The monoisotopic (exact) mass is 329 g/mol. The Morgan fingerprint density at radius 3 is 2.75 bits per heavy atom. The zero-order valence-electron chi connectivity index (χ0n) is 14.0. The maximum Gasteiger partial charge on any atom is 0.232 e.